The fourth-order valence-corrected chi connectivity index (χ4v) is 1.03. The van der Waals surface area contributed by atoms with Gasteiger partial charge in [0.25, 0.3) is 0 Å². The van der Waals surface area contributed by atoms with E-state index in [1.54, 1.807) is 0 Å². The number of aryl methyl sites for hydroxylation is 1. The predicted octanol–water partition coefficient (Wildman–Crippen LogP) is 2.14. The maximum Gasteiger partial charge on any atom is 0.234 e. The summed E-state index contributed by atoms with van der Waals surface area (Å²) in [6.45, 7) is 1.49. The van der Waals surface area contributed by atoms with Gasteiger partial charge in [0, 0.05) is 0 Å². The summed E-state index contributed by atoms with van der Waals surface area (Å²) in [7, 11) is 0. The molecular formula is C9H9F2NOS. The van der Waals surface area contributed by atoms with Crippen LogP contribution in [0.5, 0.6) is 0 Å². The van der Waals surface area contributed by atoms with Crippen molar-refractivity contribution in [2.75, 3.05) is 11.1 Å². The third-order valence-corrected chi connectivity index (χ3v) is 1.98. The Morgan fingerprint density at radius 3 is 2.71 bits per heavy atom. The third kappa shape index (κ3) is 2.23. The second-order valence-electron chi connectivity index (χ2n) is 2.76. The van der Waals surface area contributed by atoms with Gasteiger partial charge < -0.3 is 5.32 Å². The van der Waals surface area contributed by atoms with Crippen LogP contribution in [0.1, 0.15) is 5.56 Å². The number of anilines is 1. The maximum absolute atomic E-state index is 13.3. The average Bonchev–Trinajstić information content (AvgIpc) is 2.18. The van der Waals surface area contributed by atoms with E-state index in [4.69, 9.17) is 0 Å². The summed E-state index contributed by atoms with van der Waals surface area (Å²) < 4.78 is 26.3. The molecule has 1 rings (SSSR count). The van der Waals surface area contributed by atoms with Crippen molar-refractivity contribution in [3.8, 4) is 0 Å². The fraction of sp³-hybridized carbons (Fsp3) is 0.222. The average molecular weight is 217 g/mol. The number of hydrogen-bond acceptors (Lipinski definition) is 2. The van der Waals surface area contributed by atoms with Gasteiger partial charge in [-0.25, -0.2) is 8.78 Å². The van der Waals surface area contributed by atoms with E-state index >= 15 is 0 Å². The van der Waals surface area contributed by atoms with E-state index in [-0.39, 0.29) is 11.3 Å². The van der Waals surface area contributed by atoms with Gasteiger partial charge in [0.1, 0.15) is 11.5 Å². The second kappa shape index (κ2) is 4.41. The quantitative estimate of drug-likeness (QED) is 0.730. The number of nitrogens with one attached hydrogen (secondary N) is 1. The lowest BCUT2D eigenvalue weighted by Crippen LogP contribution is -2.15. The molecular weight excluding hydrogens is 208 g/mol. The highest BCUT2D eigenvalue weighted by molar-refractivity contribution is 7.81. The van der Waals surface area contributed by atoms with Gasteiger partial charge in [-0.15, -0.1) is 0 Å². The van der Waals surface area contributed by atoms with E-state index in [1.165, 1.54) is 13.0 Å². The van der Waals surface area contributed by atoms with Gasteiger partial charge in [-0.2, -0.15) is 12.6 Å². The van der Waals surface area contributed by atoms with Crippen molar-refractivity contribution in [1.82, 2.24) is 0 Å². The lowest BCUT2D eigenvalue weighted by Gasteiger charge is -2.07. The first-order chi connectivity index (χ1) is 6.56. The van der Waals surface area contributed by atoms with Crippen LogP contribution in [0.25, 0.3) is 0 Å². The molecule has 1 N–H and O–H groups in total. The highest BCUT2D eigenvalue weighted by Crippen LogP contribution is 2.21. The van der Waals surface area contributed by atoms with Crippen LogP contribution in [-0.2, 0) is 4.79 Å². The van der Waals surface area contributed by atoms with Crippen LogP contribution in [0.15, 0.2) is 12.1 Å². The predicted molar refractivity (Wildman–Crippen MR) is 53.6 cm³/mol. The van der Waals surface area contributed by atoms with E-state index in [0.717, 1.165) is 6.07 Å². The number of thiol groups is 1. The number of benzene rings is 1. The van der Waals surface area contributed by atoms with E-state index in [1.807, 2.05) is 0 Å². The van der Waals surface area contributed by atoms with Gasteiger partial charge in [-0.05, 0) is 18.6 Å². The zero-order valence-corrected chi connectivity index (χ0v) is 8.37. The molecule has 0 aromatic heterocycles. The Balaban J connectivity index is 3.06. The number of halogens is 2. The topological polar surface area (TPSA) is 29.1 Å². The number of amides is 1. The Kier molecular flexibility index (Phi) is 3.46. The Bertz CT molecular complexity index is 368. The van der Waals surface area contributed by atoms with Gasteiger partial charge in [0.15, 0.2) is 5.82 Å². The minimum absolute atomic E-state index is 0.118. The van der Waals surface area contributed by atoms with Crippen LogP contribution in [0.2, 0.25) is 0 Å². The summed E-state index contributed by atoms with van der Waals surface area (Å²) >= 11 is 3.68. The van der Waals surface area contributed by atoms with Gasteiger partial charge in [-0.3, -0.25) is 4.79 Å². The van der Waals surface area contributed by atoms with Crippen LogP contribution in [0.3, 0.4) is 0 Å². The molecule has 0 saturated carbocycles. The largest absolute Gasteiger partial charge is 0.320 e. The maximum atomic E-state index is 13.3. The minimum atomic E-state index is -0.789. The Morgan fingerprint density at radius 1 is 1.50 bits per heavy atom. The van der Waals surface area contributed by atoms with E-state index in [2.05, 4.69) is 17.9 Å². The normalized spacial score (nSPS) is 10.0. The number of hydrogen-bond donors (Lipinski definition) is 2. The highest BCUT2D eigenvalue weighted by atomic mass is 32.1. The molecule has 0 aliphatic heterocycles. The van der Waals surface area contributed by atoms with Crippen molar-refractivity contribution >= 4 is 24.2 Å². The summed E-state index contributed by atoms with van der Waals surface area (Å²) in [6, 6.07) is 2.41. The molecule has 0 fully saturated rings. The summed E-state index contributed by atoms with van der Waals surface area (Å²) in [6.07, 6.45) is 0. The van der Waals surface area contributed by atoms with Crippen molar-refractivity contribution in [2.24, 2.45) is 0 Å². The summed E-state index contributed by atoms with van der Waals surface area (Å²) in [5.41, 5.74) is -0.134. The molecule has 0 bridgehead atoms. The fourth-order valence-electron chi connectivity index (χ4n) is 0.950. The van der Waals surface area contributed by atoms with Gasteiger partial charge in [0.2, 0.25) is 5.91 Å². The van der Waals surface area contributed by atoms with Crippen molar-refractivity contribution < 1.29 is 13.6 Å². The van der Waals surface area contributed by atoms with Gasteiger partial charge in [0.05, 0.1) is 5.75 Å². The Labute approximate surface area is 85.7 Å². The first-order valence-corrected chi connectivity index (χ1v) is 4.55. The molecule has 0 heterocycles. The van der Waals surface area contributed by atoms with Gasteiger partial charge in [-0.1, -0.05) is 6.07 Å². The molecule has 0 aliphatic carbocycles. The molecule has 5 heteroatoms. The number of carbonyl (C=O) groups is 1. The van der Waals surface area contributed by atoms with Crippen molar-refractivity contribution in [2.45, 2.75) is 6.92 Å². The molecule has 0 atom stereocenters. The molecule has 0 spiro atoms. The SMILES string of the molecule is Cc1ccc(F)c(NC(=O)CS)c1F. The summed E-state index contributed by atoms with van der Waals surface area (Å²) in [4.78, 5) is 10.9. The van der Waals surface area contributed by atoms with Gasteiger partial charge >= 0.3 is 0 Å². The van der Waals surface area contributed by atoms with Crippen LogP contribution in [-0.4, -0.2) is 11.7 Å². The molecule has 0 unspecified atom stereocenters. The first-order valence-electron chi connectivity index (χ1n) is 3.91. The van der Waals surface area contributed by atoms with Crippen LogP contribution < -0.4 is 5.32 Å². The van der Waals surface area contributed by atoms with Crippen molar-refractivity contribution in [3.63, 3.8) is 0 Å². The molecule has 1 aromatic carbocycles. The third-order valence-electron chi connectivity index (χ3n) is 1.69. The van der Waals surface area contributed by atoms with Crippen LogP contribution >= 0.6 is 12.6 Å². The van der Waals surface area contributed by atoms with Crippen LogP contribution in [0.4, 0.5) is 14.5 Å². The molecule has 0 aliphatic rings. The molecule has 2 nitrogen and oxygen atoms in total. The molecule has 76 valence electrons. The Morgan fingerprint density at radius 2 is 2.14 bits per heavy atom. The smallest absolute Gasteiger partial charge is 0.234 e. The molecule has 0 saturated heterocycles. The summed E-state index contributed by atoms with van der Waals surface area (Å²) in [5, 5.41) is 2.10. The van der Waals surface area contributed by atoms with E-state index in [0.29, 0.717) is 0 Å². The molecule has 14 heavy (non-hydrogen) atoms. The molecule has 1 aromatic rings. The lowest BCUT2D eigenvalue weighted by molar-refractivity contribution is -0.113. The Hall–Kier alpha value is -1.10. The zero-order chi connectivity index (χ0) is 10.7. The molecule has 0 radical (unpaired) electrons. The first kappa shape index (κ1) is 11.0. The van der Waals surface area contributed by atoms with Crippen LogP contribution in [0, 0.1) is 18.6 Å². The minimum Gasteiger partial charge on any atom is -0.320 e. The van der Waals surface area contributed by atoms with E-state index < -0.39 is 23.2 Å². The standard InChI is InChI=1S/C9H9F2NOS/c1-5-2-3-6(10)9(8(5)11)12-7(13)4-14/h2-3,14H,4H2,1H3,(H,12,13). The number of rotatable bonds is 2. The van der Waals surface area contributed by atoms with E-state index in [9.17, 15) is 13.6 Å². The monoisotopic (exact) mass is 217 g/mol. The van der Waals surface area contributed by atoms with Crippen molar-refractivity contribution in [3.05, 3.63) is 29.3 Å². The summed E-state index contributed by atoms with van der Waals surface area (Å²) in [5.74, 6) is -2.20. The second-order valence-corrected chi connectivity index (χ2v) is 3.08. The lowest BCUT2D eigenvalue weighted by atomic mass is 10.2. The number of carbonyl (C=O) groups excluding carboxylic acids is 1. The molecule has 1 amide bonds. The van der Waals surface area contributed by atoms with Crippen molar-refractivity contribution in [1.29, 1.82) is 0 Å². The zero-order valence-electron chi connectivity index (χ0n) is 7.47. The highest BCUT2D eigenvalue weighted by Gasteiger charge is 2.12.